The molecule has 0 spiro atoms. The van der Waals surface area contributed by atoms with Crippen molar-refractivity contribution in [3.63, 3.8) is 0 Å². The quantitative estimate of drug-likeness (QED) is 0.273. The fourth-order valence-corrected chi connectivity index (χ4v) is 1.92. The Morgan fingerprint density at radius 3 is 1.78 bits per heavy atom. The summed E-state index contributed by atoms with van der Waals surface area (Å²) in [4.78, 5) is 22.3. The van der Waals surface area contributed by atoms with Gasteiger partial charge in [0.15, 0.2) is 5.41 Å². The molecule has 0 heterocycles. The van der Waals surface area contributed by atoms with Crippen molar-refractivity contribution in [1.82, 2.24) is 0 Å². The van der Waals surface area contributed by atoms with Crippen molar-refractivity contribution in [2.24, 2.45) is 5.41 Å². The summed E-state index contributed by atoms with van der Waals surface area (Å²) in [6.07, 6.45) is 4.69. The Morgan fingerprint density at radius 1 is 0.944 bits per heavy atom. The van der Waals surface area contributed by atoms with Gasteiger partial charge in [0.25, 0.3) is 0 Å². The van der Waals surface area contributed by atoms with Gasteiger partial charge in [0, 0.05) is 0 Å². The Kier molecular flexibility index (Phi) is 18.5. The van der Waals surface area contributed by atoms with E-state index in [1.165, 1.54) is 0 Å². The van der Waals surface area contributed by atoms with E-state index < -0.39 is 17.4 Å². The van der Waals surface area contributed by atoms with E-state index in [1.54, 1.807) is 0 Å². The number of carbonyl (C=O) groups is 2. The number of carboxylic acids is 2. The molecule has 0 aliphatic rings. The van der Waals surface area contributed by atoms with Crippen LogP contribution >= 0.6 is 0 Å². The fraction of sp³-hybridized carbons (Fsp3) is 0.833. The first-order valence-electron chi connectivity index (χ1n) is 5.98. The molecule has 18 heavy (non-hydrogen) atoms. The van der Waals surface area contributed by atoms with Crippen LogP contribution in [0.2, 0.25) is 0 Å². The number of carboxylic acid groups (broad SMARTS) is 2. The molecule has 0 aromatic rings. The zero-order chi connectivity index (χ0) is 12.6. The second-order valence-corrected chi connectivity index (χ2v) is 4.25. The van der Waals surface area contributed by atoms with Crippen molar-refractivity contribution in [2.45, 2.75) is 58.8 Å². The van der Waals surface area contributed by atoms with Gasteiger partial charge in [-0.3, -0.25) is 9.59 Å². The Labute approximate surface area is 177 Å². The average Bonchev–Trinajstić information content (AvgIpc) is 2.21. The molecule has 0 saturated carbocycles. The fourth-order valence-electron chi connectivity index (χ4n) is 1.92. The van der Waals surface area contributed by atoms with Crippen molar-refractivity contribution in [2.75, 3.05) is 0 Å². The molecule has 0 bridgehead atoms. The minimum atomic E-state index is -1.57. The predicted octanol–water partition coefficient (Wildman–Crippen LogP) is -2.85. The van der Waals surface area contributed by atoms with E-state index in [0.717, 1.165) is 19.3 Å². The number of hydrogen-bond donors (Lipinski definition) is 2. The molecule has 0 saturated heterocycles. The van der Waals surface area contributed by atoms with E-state index in [4.69, 9.17) is 10.2 Å². The predicted molar refractivity (Wildman–Crippen MR) is 63.6 cm³/mol. The number of unbranched alkanes of at least 4 members (excludes halogenated alkanes) is 3. The van der Waals surface area contributed by atoms with Gasteiger partial charge >= 0.3 is 92.9 Å². The zero-order valence-electron chi connectivity index (χ0n) is 14.2. The van der Waals surface area contributed by atoms with Gasteiger partial charge < -0.3 is 13.1 Å². The van der Waals surface area contributed by atoms with E-state index >= 15 is 0 Å². The van der Waals surface area contributed by atoms with Gasteiger partial charge in [-0.1, -0.05) is 46.0 Å². The number of aliphatic carboxylic acids is 2. The van der Waals surface area contributed by atoms with Crippen molar-refractivity contribution < 1.29 is 104 Å². The van der Waals surface area contributed by atoms with Crippen molar-refractivity contribution in [3.8, 4) is 0 Å². The summed E-state index contributed by atoms with van der Waals surface area (Å²) in [5.41, 5.74) is -1.57. The molecule has 0 fully saturated rings. The molecule has 0 aliphatic carbocycles. The third-order valence-corrected chi connectivity index (χ3v) is 2.95. The van der Waals surface area contributed by atoms with Crippen LogP contribution in [0.1, 0.15) is 61.6 Å². The molecule has 0 atom stereocenters. The Hall–Kier alpha value is 1.58. The van der Waals surface area contributed by atoms with Crippen LogP contribution in [0.3, 0.4) is 0 Å². The maximum absolute atomic E-state index is 11.1. The smallest absolute Gasteiger partial charge is 1.00 e. The molecule has 4 nitrogen and oxygen atoms in total. The van der Waals surface area contributed by atoms with Crippen LogP contribution in [-0.2, 0) is 9.59 Å². The van der Waals surface area contributed by atoms with Crippen molar-refractivity contribution in [1.29, 1.82) is 0 Å². The maximum Gasteiger partial charge on any atom is 1.00 e. The van der Waals surface area contributed by atoms with Crippen molar-refractivity contribution in [3.05, 3.63) is 0 Å². The Morgan fingerprint density at radius 2 is 1.44 bits per heavy atom. The minimum Gasteiger partial charge on any atom is -1.00 e. The van der Waals surface area contributed by atoms with E-state index in [0.29, 0.717) is 12.8 Å². The zero-order valence-corrected chi connectivity index (χ0v) is 17.3. The van der Waals surface area contributed by atoms with E-state index in [1.807, 2.05) is 6.92 Å². The van der Waals surface area contributed by atoms with Crippen LogP contribution in [0.5, 0.6) is 0 Å². The van der Waals surface area contributed by atoms with E-state index in [-0.39, 0.29) is 96.6 Å². The molecule has 0 radical (unpaired) electrons. The second-order valence-electron chi connectivity index (χ2n) is 4.25. The Balaban J connectivity index is -0.000000187. The number of hydrogen-bond acceptors (Lipinski definition) is 2. The number of rotatable bonds is 9. The van der Waals surface area contributed by atoms with E-state index in [9.17, 15) is 9.59 Å². The standard InChI is InChI=1S/C12H22O4.K.Na.2H/c1-3-5-6-7-9-12(8-4-2,10(13)14)11(15)16;;;;/h3-9H2,1-2H3,(H,13,14)(H,15,16);;;;/q;2*+1;2*-1. The molecule has 0 aromatic carbocycles. The monoisotopic (exact) mass is 294 g/mol. The summed E-state index contributed by atoms with van der Waals surface area (Å²) in [6, 6.07) is 0. The van der Waals surface area contributed by atoms with Crippen LogP contribution in [0, 0.1) is 5.41 Å². The molecule has 2 N–H and O–H groups in total. The Bertz CT molecular complexity index is 242. The first-order valence-corrected chi connectivity index (χ1v) is 5.98. The minimum absolute atomic E-state index is 0. The molecule has 98 valence electrons. The third-order valence-electron chi connectivity index (χ3n) is 2.95. The molecule has 0 aromatic heterocycles. The van der Waals surface area contributed by atoms with Gasteiger partial charge in [-0.15, -0.1) is 0 Å². The van der Waals surface area contributed by atoms with Gasteiger partial charge in [0.1, 0.15) is 0 Å². The van der Waals surface area contributed by atoms with E-state index in [2.05, 4.69) is 6.92 Å². The molecule has 6 heteroatoms. The first-order chi connectivity index (χ1) is 7.51. The molecule has 0 unspecified atom stereocenters. The third kappa shape index (κ3) is 8.00. The van der Waals surface area contributed by atoms with Gasteiger partial charge in [-0.25, -0.2) is 0 Å². The maximum atomic E-state index is 11.1. The van der Waals surface area contributed by atoms with Gasteiger partial charge in [-0.2, -0.15) is 0 Å². The van der Waals surface area contributed by atoms with Gasteiger partial charge in [0.05, 0.1) is 0 Å². The van der Waals surface area contributed by atoms with Crippen LogP contribution in [0.15, 0.2) is 0 Å². The SMILES string of the molecule is CCCCCCC(CCC)(C(=O)O)C(=O)O.[H-].[H-].[K+].[Na+]. The summed E-state index contributed by atoms with van der Waals surface area (Å²) >= 11 is 0. The summed E-state index contributed by atoms with van der Waals surface area (Å²) < 4.78 is 0. The van der Waals surface area contributed by atoms with Crippen molar-refractivity contribution >= 4 is 11.9 Å². The molecule has 0 aliphatic heterocycles. The normalized spacial score (nSPS) is 10.1. The summed E-state index contributed by atoms with van der Waals surface area (Å²) in [5.74, 6) is -2.39. The molecule has 0 rings (SSSR count). The van der Waals surface area contributed by atoms with Crippen LogP contribution in [-0.4, -0.2) is 22.2 Å². The van der Waals surface area contributed by atoms with Crippen LogP contribution in [0.25, 0.3) is 0 Å². The average molecular weight is 294 g/mol. The first kappa shape index (κ1) is 24.6. The summed E-state index contributed by atoms with van der Waals surface area (Å²) in [6.45, 7) is 3.88. The van der Waals surface area contributed by atoms with Crippen LogP contribution in [0.4, 0.5) is 0 Å². The molecular formula is C12H24KNaO4. The second kappa shape index (κ2) is 13.6. The van der Waals surface area contributed by atoms with Gasteiger partial charge in [0.2, 0.25) is 0 Å². The molecular weight excluding hydrogens is 270 g/mol. The summed E-state index contributed by atoms with van der Waals surface area (Å²) in [5, 5.41) is 18.2. The largest absolute Gasteiger partial charge is 1.00 e. The van der Waals surface area contributed by atoms with Crippen LogP contribution < -0.4 is 80.9 Å². The summed E-state index contributed by atoms with van der Waals surface area (Å²) in [7, 11) is 0. The molecule has 0 amide bonds. The van der Waals surface area contributed by atoms with Gasteiger partial charge in [-0.05, 0) is 12.8 Å². The topological polar surface area (TPSA) is 74.6 Å².